The molecule has 0 spiro atoms. The fourth-order valence-electron chi connectivity index (χ4n) is 3.91. The van der Waals surface area contributed by atoms with Crippen LogP contribution in [0.1, 0.15) is 41.5 Å². The van der Waals surface area contributed by atoms with E-state index >= 15 is 0 Å². The van der Waals surface area contributed by atoms with Crippen LogP contribution >= 0.6 is 11.5 Å². The second-order valence-corrected chi connectivity index (χ2v) is 8.80. The van der Waals surface area contributed by atoms with Crippen LogP contribution in [0.5, 0.6) is 16.7 Å². The number of likely N-dealkylation sites (tertiary alicyclic amines) is 1. The number of nitrogens with zero attached hydrogens (tertiary/aromatic N) is 3. The van der Waals surface area contributed by atoms with Crippen molar-refractivity contribution in [1.82, 2.24) is 14.3 Å². The number of aromatic nitrogens is 2. The molecule has 1 aliphatic rings. The lowest BCUT2D eigenvalue weighted by Crippen LogP contribution is -2.42. The Morgan fingerprint density at radius 3 is 2.71 bits per heavy atom. The SMILES string of the molecule is CCOC(=O)C1CCCN(C(=O)c2ccc(Oc3nc(Cc4ccc(F)cc4)ns3)c(OC)c2)C1. The third-order valence-corrected chi connectivity index (χ3v) is 6.29. The standard InChI is InChI=1S/C25H26FN3O5S/c1-3-33-24(31)18-5-4-12-29(15-18)23(30)17-8-11-20(21(14-17)32-2)34-25-27-22(28-35-25)13-16-6-9-19(26)10-7-16/h6-11,14,18H,3-5,12-13,15H2,1-2H3. The van der Waals surface area contributed by atoms with Gasteiger partial charge in [-0.1, -0.05) is 12.1 Å². The molecule has 1 saturated heterocycles. The molecule has 0 aliphatic carbocycles. The fraction of sp³-hybridized carbons (Fsp3) is 0.360. The van der Waals surface area contributed by atoms with Crippen LogP contribution in [-0.4, -0.2) is 52.9 Å². The molecule has 1 amide bonds. The van der Waals surface area contributed by atoms with Crippen molar-refractivity contribution in [1.29, 1.82) is 0 Å². The molecule has 1 aromatic heterocycles. The van der Waals surface area contributed by atoms with Gasteiger partial charge in [0.1, 0.15) is 5.82 Å². The first-order valence-electron chi connectivity index (χ1n) is 11.4. The summed E-state index contributed by atoms with van der Waals surface area (Å²) in [5.41, 5.74) is 1.33. The van der Waals surface area contributed by atoms with Crippen molar-refractivity contribution in [2.75, 3.05) is 26.8 Å². The minimum atomic E-state index is -0.307. The highest BCUT2D eigenvalue weighted by atomic mass is 32.1. The monoisotopic (exact) mass is 499 g/mol. The van der Waals surface area contributed by atoms with Crippen molar-refractivity contribution in [2.24, 2.45) is 5.92 Å². The lowest BCUT2D eigenvalue weighted by atomic mass is 9.97. The van der Waals surface area contributed by atoms with Crippen molar-refractivity contribution in [3.63, 3.8) is 0 Å². The van der Waals surface area contributed by atoms with Gasteiger partial charge in [-0.2, -0.15) is 9.36 Å². The van der Waals surface area contributed by atoms with Crippen LogP contribution in [0.25, 0.3) is 0 Å². The molecule has 184 valence electrons. The molecule has 2 aromatic carbocycles. The van der Waals surface area contributed by atoms with Gasteiger partial charge in [-0.15, -0.1) is 0 Å². The molecule has 4 rings (SSSR count). The molecule has 0 radical (unpaired) electrons. The molecule has 3 aromatic rings. The van der Waals surface area contributed by atoms with Gasteiger partial charge in [0.15, 0.2) is 17.3 Å². The Kier molecular flexibility index (Phi) is 7.91. The summed E-state index contributed by atoms with van der Waals surface area (Å²) in [6.45, 7) is 3.01. The smallest absolute Gasteiger partial charge is 0.310 e. The number of rotatable bonds is 8. The Balaban J connectivity index is 1.43. The highest BCUT2D eigenvalue weighted by Crippen LogP contribution is 2.34. The zero-order chi connectivity index (χ0) is 24.8. The normalized spacial score (nSPS) is 15.5. The average molecular weight is 500 g/mol. The van der Waals surface area contributed by atoms with Gasteiger partial charge in [-0.3, -0.25) is 9.59 Å². The first-order valence-corrected chi connectivity index (χ1v) is 12.1. The topological polar surface area (TPSA) is 90.9 Å². The Labute approximate surface area is 206 Å². The minimum Gasteiger partial charge on any atom is -0.493 e. The summed E-state index contributed by atoms with van der Waals surface area (Å²) in [6, 6.07) is 11.1. The van der Waals surface area contributed by atoms with Crippen molar-refractivity contribution < 1.29 is 28.2 Å². The molecule has 1 fully saturated rings. The first kappa shape index (κ1) is 24.6. The van der Waals surface area contributed by atoms with Crippen molar-refractivity contribution >= 4 is 23.4 Å². The van der Waals surface area contributed by atoms with Crippen LogP contribution in [0.15, 0.2) is 42.5 Å². The Bertz CT molecular complexity index is 1180. The van der Waals surface area contributed by atoms with Crippen LogP contribution in [0.3, 0.4) is 0 Å². The maximum absolute atomic E-state index is 13.1. The van der Waals surface area contributed by atoms with E-state index in [0.29, 0.717) is 60.6 Å². The van der Waals surface area contributed by atoms with Gasteiger partial charge in [0.2, 0.25) is 0 Å². The molecular formula is C25H26FN3O5S. The van der Waals surface area contributed by atoms with Crippen molar-refractivity contribution in [3.8, 4) is 16.7 Å². The highest BCUT2D eigenvalue weighted by Gasteiger charge is 2.30. The van der Waals surface area contributed by atoms with E-state index in [9.17, 15) is 14.0 Å². The van der Waals surface area contributed by atoms with Gasteiger partial charge in [-0.05, 0) is 55.7 Å². The fourth-order valence-corrected chi connectivity index (χ4v) is 4.47. The van der Waals surface area contributed by atoms with Crippen LogP contribution in [0, 0.1) is 11.7 Å². The summed E-state index contributed by atoms with van der Waals surface area (Å²) in [5.74, 6) is 0.296. The number of methoxy groups -OCH3 is 1. The lowest BCUT2D eigenvalue weighted by molar-refractivity contribution is -0.149. The predicted octanol–water partition coefficient (Wildman–Crippen LogP) is 4.48. The molecule has 1 aliphatic heterocycles. The van der Waals surface area contributed by atoms with E-state index in [-0.39, 0.29) is 23.6 Å². The van der Waals surface area contributed by atoms with Crippen molar-refractivity contribution in [3.05, 3.63) is 65.2 Å². The minimum absolute atomic E-state index is 0.179. The van der Waals surface area contributed by atoms with Crippen LogP contribution in [-0.2, 0) is 16.0 Å². The zero-order valence-electron chi connectivity index (χ0n) is 19.5. The second kappa shape index (κ2) is 11.3. The van der Waals surface area contributed by atoms with E-state index in [1.54, 1.807) is 42.2 Å². The molecule has 2 heterocycles. The maximum Gasteiger partial charge on any atom is 0.310 e. The molecular weight excluding hydrogens is 473 g/mol. The molecule has 0 N–H and O–H groups in total. The van der Waals surface area contributed by atoms with E-state index in [1.165, 1.54) is 19.2 Å². The number of carbonyl (C=O) groups excluding carboxylic acids is 2. The quantitative estimate of drug-likeness (QED) is 0.422. The number of hydrogen-bond acceptors (Lipinski definition) is 8. The predicted molar refractivity (Wildman–Crippen MR) is 127 cm³/mol. The third kappa shape index (κ3) is 6.13. The van der Waals surface area contributed by atoms with Crippen molar-refractivity contribution in [2.45, 2.75) is 26.2 Å². The number of esters is 1. The van der Waals surface area contributed by atoms with E-state index in [2.05, 4.69) is 9.36 Å². The number of carbonyl (C=O) groups is 2. The van der Waals surface area contributed by atoms with Gasteiger partial charge in [0.05, 0.1) is 19.6 Å². The van der Waals surface area contributed by atoms with E-state index < -0.39 is 0 Å². The number of amides is 1. The summed E-state index contributed by atoms with van der Waals surface area (Å²) in [6.07, 6.45) is 1.90. The largest absolute Gasteiger partial charge is 0.493 e. The summed E-state index contributed by atoms with van der Waals surface area (Å²) < 4.78 is 33.8. The van der Waals surface area contributed by atoms with Gasteiger partial charge in [-0.25, -0.2) is 4.39 Å². The van der Waals surface area contributed by atoms with Gasteiger partial charge < -0.3 is 19.1 Å². The zero-order valence-corrected chi connectivity index (χ0v) is 20.3. The van der Waals surface area contributed by atoms with E-state index in [0.717, 1.165) is 23.5 Å². The second-order valence-electron chi connectivity index (χ2n) is 8.09. The first-order chi connectivity index (χ1) is 17.0. The summed E-state index contributed by atoms with van der Waals surface area (Å²) in [7, 11) is 1.49. The summed E-state index contributed by atoms with van der Waals surface area (Å²) in [4.78, 5) is 31.3. The molecule has 0 bridgehead atoms. The number of hydrogen-bond donors (Lipinski definition) is 0. The van der Waals surface area contributed by atoms with E-state index in [4.69, 9.17) is 14.2 Å². The molecule has 10 heteroatoms. The molecule has 35 heavy (non-hydrogen) atoms. The summed E-state index contributed by atoms with van der Waals surface area (Å²) in [5, 5.41) is 0.327. The van der Waals surface area contributed by atoms with Crippen LogP contribution < -0.4 is 9.47 Å². The summed E-state index contributed by atoms with van der Waals surface area (Å²) >= 11 is 1.09. The molecule has 8 nitrogen and oxygen atoms in total. The van der Waals surface area contributed by atoms with Crippen LogP contribution in [0.4, 0.5) is 4.39 Å². The number of ether oxygens (including phenoxy) is 3. The Hall–Kier alpha value is -3.53. The molecule has 1 atom stereocenters. The Morgan fingerprint density at radius 2 is 1.97 bits per heavy atom. The van der Waals surface area contributed by atoms with Crippen LogP contribution in [0.2, 0.25) is 0 Å². The van der Waals surface area contributed by atoms with Gasteiger partial charge in [0, 0.05) is 36.6 Å². The number of halogens is 1. The van der Waals surface area contributed by atoms with E-state index in [1.807, 2.05) is 0 Å². The molecule has 0 saturated carbocycles. The maximum atomic E-state index is 13.1. The number of piperidine rings is 1. The Morgan fingerprint density at radius 1 is 1.17 bits per heavy atom. The highest BCUT2D eigenvalue weighted by molar-refractivity contribution is 7.07. The average Bonchev–Trinajstić information content (AvgIpc) is 3.32. The molecule has 1 unspecified atom stereocenters. The number of benzene rings is 2. The van der Waals surface area contributed by atoms with Gasteiger partial charge >= 0.3 is 5.97 Å². The lowest BCUT2D eigenvalue weighted by Gasteiger charge is -2.31. The van der Waals surface area contributed by atoms with Gasteiger partial charge in [0.25, 0.3) is 11.1 Å². The third-order valence-electron chi connectivity index (χ3n) is 5.66.